The number of hydrogen-bond donors (Lipinski definition) is 3. The highest BCUT2D eigenvalue weighted by molar-refractivity contribution is 9.10. The lowest BCUT2D eigenvalue weighted by Gasteiger charge is -2.14. The Morgan fingerprint density at radius 2 is 1.79 bits per heavy atom. The van der Waals surface area contributed by atoms with Crippen molar-refractivity contribution in [2.75, 3.05) is 5.32 Å². The minimum atomic E-state index is -0.372. The number of aromatic nitrogens is 1. The molecular weight excluding hydrogens is 440 g/mol. The lowest BCUT2D eigenvalue weighted by Crippen LogP contribution is -2.43. The fraction of sp³-hybridized carbons (Fsp3) is 0.0500. The van der Waals surface area contributed by atoms with E-state index in [1.165, 1.54) is 0 Å². The Hall–Kier alpha value is -2.97. The third kappa shape index (κ3) is 5.77. The number of halogens is 1. The highest BCUT2D eigenvalue weighted by Crippen LogP contribution is 2.24. The summed E-state index contributed by atoms with van der Waals surface area (Å²) in [6, 6.07) is 18.4. The molecule has 28 heavy (non-hydrogen) atoms. The van der Waals surface area contributed by atoms with Gasteiger partial charge in [-0.25, -0.2) is 0 Å². The standard InChI is InChI=1S/C20H17BrN4O2S/c21-15-6-7-18(27-13-14-8-10-22-11-9-14)17(12-15)19(26)24-25-20(28)23-16-4-2-1-3-5-16/h1-12H,13H2,(H,24,26)(H2,23,25,28). The number of carbonyl (C=O) groups excluding carboxylic acids is 1. The predicted molar refractivity (Wildman–Crippen MR) is 116 cm³/mol. The smallest absolute Gasteiger partial charge is 0.273 e. The molecule has 0 aliphatic heterocycles. The van der Waals surface area contributed by atoms with E-state index in [0.29, 0.717) is 17.9 Å². The fourth-order valence-corrected chi connectivity index (χ4v) is 2.84. The van der Waals surface area contributed by atoms with Gasteiger partial charge in [-0.2, -0.15) is 0 Å². The van der Waals surface area contributed by atoms with Gasteiger partial charge in [0.05, 0.1) is 5.56 Å². The summed E-state index contributed by atoms with van der Waals surface area (Å²) in [6.07, 6.45) is 3.39. The van der Waals surface area contributed by atoms with Crippen LogP contribution in [0.2, 0.25) is 0 Å². The van der Waals surface area contributed by atoms with Crippen molar-refractivity contribution in [1.29, 1.82) is 0 Å². The summed E-state index contributed by atoms with van der Waals surface area (Å²) in [5.41, 5.74) is 7.42. The van der Waals surface area contributed by atoms with Crippen LogP contribution in [0.4, 0.5) is 5.69 Å². The van der Waals surface area contributed by atoms with Crippen LogP contribution in [0.3, 0.4) is 0 Å². The summed E-state index contributed by atoms with van der Waals surface area (Å²) in [4.78, 5) is 16.6. The molecule has 0 radical (unpaired) electrons. The van der Waals surface area contributed by atoms with E-state index in [-0.39, 0.29) is 11.0 Å². The number of thiocarbonyl (C=S) groups is 1. The van der Waals surface area contributed by atoms with Crippen LogP contribution < -0.4 is 20.9 Å². The zero-order chi connectivity index (χ0) is 19.8. The van der Waals surface area contributed by atoms with Crippen molar-refractivity contribution in [3.63, 3.8) is 0 Å². The highest BCUT2D eigenvalue weighted by Gasteiger charge is 2.14. The fourth-order valence-electron chi connectivity index (χ4n) is 2.31. The average Bonchev–Trinajstić information content (AvgIpc) is 2.72. The number of nitrogens with zero attached hydrogens (tertiary/aromatic N) is 1. The lowest BCUT2D eigenvalue weighted by atomic mass is 10.2. The second-order valence-corrected chi connectivity index (χ2v) is 7.01. The quantitative estimate of drug-likeness (QED) is 0.397. The Balaban J connectivity index is 1.62. The van der Waals surface area contributed by atoms with Crippen molar-refractivity contribution in [2.45, 2.75) is 6.61 Å². The summed E-state index contributed by atoms with van der Waals surface area (Å²) < 4.78 is 6.58. The Morgan fingerprint density at radius 1 is 1.04 bits per heavy atom. The molecule has 0 fully saturated rings. The molecule has 2 aromatic carbocycles. The molecule has 3 aromatic rings. The number of nitrogens with one attached hydrogen (secondary N) is 3. The first-order valence-corrected chi connectivity index (χ1v) is 9.55. The predicted octanol–water partition coefficient (Wildman–Crippen LogP) is 4.05. The molecule has 0 saturated heterocycles. The Morgan fingerprint density at radius 3 is 2.54 bits per heavy atom. The number of hydrogen-bond acceptors (Lipinski definition) is 4. The van der Waals surface area contributed by atoms with Crippen LogP contribution in [0.15, 0.2) is 77.5 Å². The molecule has 0 aliphatic carbocycles. The topological polar surface area (TPSA) is 75.3 Å². The largest absolute Gasteiger partial charge is 0.488 e. The molecule has 0 saturated carbocycles. The van der Waals surface area contributed by atoms with Gasteiger partial charge in [0.25, 0.3) is 5.91 Å². The van der Waals surface area contributed by atoms with Crippen LogP contribution in [-0.4, -0.2) is 16.0 Å². The summed E-state index contributed by atoms with van der Waals surface area (Å²) in [5, 5.41) is 3.25. The maximum atomic E-state index is 12.6. The van der Waals surface area contributed by atoms with Crippen molar-refractivity contribution in [1.82, 2.24) is 15.8 Å². The molecule has 0 unspecified atom stereocenters. The van der Waals surface area contributed by atoms with Gasteiger partial charge in [-0.05, 0) is 60.2 Å². The number of carbonyl (C=O) groups is 1. The van der Waals surface area contributed by atoms with Gasteiger partial charge in [0.15, 0.2) is 5.11 Å². The van der Waals surface area contributed by atoms with E-state index in [9.17, 15) is 4.79 Å². The van der Waals surface area contributed by atoms with Gasteiger partial charge < -0.3 is 10.1 Å². The van der Waals surface area contributed by atoms with Gasteiger partial charge in [-0.3, -0.25) is 20.6 Å². The molecule has 8 heteroatoms. The molecule has 0 bridgehead atoms. The summed E-state index contributed by atoms with van der Waals surface area (Å²) in [6.45, 7) is 0.325. The van der Waals surface area contributed by atoms with Crippen LogP contribution in [0.5, 0.6) is 5.75 Å². The summed E-state index contributed by atoms with van der Waals surface area (Å²) >= 11 is 8.58. The zero-order valence-corrected chi connectivity index (χ0v) is 17.1. The number of anilines is 1. The van der Waals surface area contributed by atoms with Gasteiger partial charge in [0.2, 0.25) is 0 Å². The second kappa shape index (κ2) is 9.82. The van der Waals surface area contributed by atoms with Gasteiger partial charge in [0.1, 0.15) is 12.4 Å². The molecule has 142 valence electrons. The van der Waals surface area contributed by atoms with Crippen LogP contribution in [-0.2, 0) is 6.61 Å². The second-order valence-electron chi connectivity index (χ2n) is 5.68. The van der Waals surface area contributed by atoms with Crippen LogP contribution in [0.25, 0.3) is 0 Å². The molecule has 0 spiro atoms. The molecule has 6 nitrogen and oxygen atoms in total. The third-order valence-corrected chi connectivity index (χ3v) is 4.35. The normalized spacial score (nSPS) is 10.0. The van der Waals surface area contributed by atoms with Gasteiger partial charge >= 0.3 is 0 Å². The number of hydrazine groups is 1. The maximum absolute atomic E-state index is 12.6. The zero-order valence-electron chi connectivity index (χ0n) is 14.7. The molecule has 1 amide bonds. The number of rotatable bonds is 5. The SMILES string of the molecule is O=C(NNC(=S)Nc1ccccc1)c1cc(Br)ccc1OCc1ccncc1. The minimum absolute atomic E-state index is 0.272. The van der Waals surface area contributed by atoms with E-state index in [1.807, 2.05) is 48.5 Å². The molecule has 3 rings (SSSR count). The third-order valence-electron chi connectivity index (χ3n) is 3.65. The first-order valence-electron chi connectivity index (χ1n) is 8.35. The van der Waals surface area contributed by atoms with E-state index < -0.39 is 0 Å². The first-order chi connectivity index (χ1) is 13.6. The van der Waals surface area contributed by atoms with E-state index in [2.05, 4.69) is 37.1 Å². The number of pyridine rings is 1. The maximum Gasteiger partial charge on any atom is 0.273 e. The van der Waals surface area contributed by atoms with Crippen LogP contribution in [0.1, 0.15) is 15.9 Å². The van der Waals surface area contributed by atoms with Crippen molar-refractivity contribution in [3.8, 4) is 5.75 Å². The van der Waals surface area contributed by atoms with Gasteiger partial charge in [-0.15, -0.1) is 0 Å². The molecule has 1 aromatic heterocycles. The Bertz CT molecular complexity index is 955. The van der Waals surface area contributed by atoms with Gasteiger partial charge in [0, 0.05) is 22.6 Å². The molecular formula is C20H17BrN4O2S. The number of para-hydroxylation sites is 1. The van der Waals surface area contributed by atoms with Crippen LogP contribution >= 0.6 is 28.1 Å². The molecule has 0 atom stereocenters. The Kier molecular flexibility index (Phi) is 6.94. The summed E-state index contributed by atoms with van der Waals surface area (Å²) in [5.74, 6) is 0.0875. The number of benzene rings is 2. The first kappa shape index (κ1) is 19.8. The highest BCUT2D eigenvalue weighted by atomic mass is 79.9. The minimum Gasteiger partial charge on any atom is -0.488 e. The molecule has 0 aliphatic rings. The number of amides is 1. The van der Waals surface area contributed by atoms with E-state index in [1.54, 1.807) is 24.5 Å². The van der Waals surface area contributed by atoms with Crippen molar-refractivity contribution < 1.29 is 9.53 Å². The summed E-state index contributed by atoms with van der Waals surface area (Å²) in [7, 11) is 0. The average molecular weight is 457 g/mol. The van der Waals surface area contributed by atoms with Crippen molar-refractivity contribution in [3.05, 3.63) is 88.7 Å². The Labute approximate surface area is 176 Å². The van der Waals surface area contributed by atoms with Crippen LogP contribution in [0, 0.1) is 0 Å². The van der Waals surface area contributed by atoms with Crippen molar-refractivity contribution >= 4 is 44.9 Å². The lowest BCUT2D eigenvalue weighted by molar-refractivity contribution is 0.0939. The van der Waals surface area contributed by atoms with Gasteiger partial charge in [-0.1, -0.05) is 34.1 Å². The van der Waals surface area contributed by atoms with Crippen molar-refractivity contribution in [2.24, 2.45) is 0 Å². The molecule has 3 N–H and O–H groups in total. The molecule has 1 heterocycles. The van der Waals surface area contributed by atoms with E-state index in [0.717, 1.165) is 15.7 Å². The monoisotopic (exact) mass is 456 g/mol. The van der Waals surface area contributed by atoms with E-state index in [4.69, 9.17) is 17.0 Å². The van der Waals surface area contributed by atoms with E-state index >= 15 is 0 Å². The number of ether oxygens (including phenoxy) is 1.